The second-order valence-electron chi connectivity index (χ2n) is 5.13. The lowest BCUT2D eigenvalue weighted by Gasteiger charge is -2.23. The third kappa shape index (κ3) is 2.75. The van der Waals surface area contributed by atoms with Crippen molar-refractivity contribution in [2.45, 2.75) is 25.4 Å². The molecule has 1 aromatic heterocycles. The van der Waals surface area contributed by atoms with E-state index < -0.39 is 5.97 Å². The average molecular weight is 288 g/mol. The van der Waals surface area contributed by atoms with Gasteiger partial charge in [0.15, 0.2) is 0 Å². The lowest BCUT2D eigenvalue weighted by atomic mass is 10.1. The first-order valence-corrected chi connectivity index (χ1v) is 6.89. The van der Waals surface area contributed by atoms with Crippen LogP contribution in [-0.2, 0) is 11.3 Å². The molecule has 3 rings (SSSR count). The molecule has 6 heteroatoms. The van der Waals surface area contributed by atoms with Gasteiger partial charge in [0, 0.05) is 36.5 Å². The van der Waals surface area contributed by atoms with Gasteiger partial charge in [0.25, 0.3) is 0 Å². The molecule has 0 aliphatic carbocycles. The zero-order valence-corrected chi connectivity index (χ0v) is 11.4. The maximum Gasteiger partial charge on any atom is 0.372 e. The number of benzene rings is 1. The smallest absolute Gasteiger partial charge is 0.372 e. The van der Waals surface area contributed by atoms with Crippen molar-refractivity contribution in [2.24, 2.45) is 0 Å². The molecule has 0 spiro atoms. The number of carbonyl (C=O) groups is 2. The number of piperidine rings is 1. The Morgan fingerprint density at radius 1 is 1.43 bits per heavy atom. The van der Waals surface area contributed by atoms with E-state index in [4.69, 9.17) is 4.42 Å². The van der Waals surface area contributed by atoms with E-state index in [0.29, 0.717) is 30.7 Å². The molecule has 1 saturated heterocycles. The van der Waals surface area contributed by atoms with Gasteiger partial charge in [-0.3, -0.25) is 4.79 Å². The standard InChI is InChI=1S/C15H16N2O4/c18-13-6-5-9(7-17-13)16-8-11-10-3-1-2-4-12(10)21-14(11)15(19)20/h1-4,9,16H,5-8H2,(H,17,18)(H,19,20). The summed E-state index contributed by atoms with van der Waals surface area (Å²) in [6.07, 6.45) is 1.25. The molecule has 110 valence electrons. The van der Waals surface area contributed by atoms with Gasteiger partial charge in [-0.05, 0) is 12.5 Å². The number of aromatic carboxylic acids is 1. The highest BCUT2D eigenvalue weighted by molar-refractivity contribution is 5.95. The number of hydrogen-bond donors (Lipinski definition) is 3. The summed E-state index contributed by atoms with van der Waals surface area (Å²) in [4.78, 5) is 22.4. The Labute approximate surface area is 121 Å². The molecule has 2 aromatic rings. The quantitative estimate of drug-likeness (QED) is 0.793. The number of para-hydroxylation sites is 1. The lowest BCUT2D eigenvalue weighted by Crippen LogP contribution is -2.45. The van der Waals surface area contributed by atoms with Gasteiger partial charge in [-0.25, -0.2) is 4.79 Å². The molecule has 1 unspecified atom stereocenters. The maximum absolute atomic E-state index is 11.3. The van der Waals surface area contributed by atoms with Gasteiger partial charge in [0.05, 0.1) is 0 Å². The molecule has 0 radical (unpaired) electrons. The van der Waals surface area contributed by atoms with Crippen molar-refractivity contribution in [1.29, 1.82) is 0 Å². The van der Waals surface area contributed by atoms with E-state index >= 15 is 0 Å². The van der Waals surface area contributed by atoms with Gasteiger partial charge in [0.2, 0.25) is 11.7 Å². The highest BCUT2D eigenvalue weighted by Crippen LogP contribution is 2.26. The topological polar surface area (TPSA) is 91.6 Å². The third-order valence-corrected chi connectivity index (χ3v) is 3.73. The highest BCUT2D eigenvalue weighted by Gasteiger charge is 2.22. The Bertz CT molecular complexity index is 682. The predicted molar refractivity (Wildman–Crippen MR) is 76.0 cm³/mol. The van der Waals surface area contributed by atoms with Crippen molar-refractivity contribution in [3.05, 3.63) is 35.6 Å². The minimum Gasteiger partial charge on any atom is -0.475 e. The summed E-state index contributed by atoms with van der Waals surface area (Å²) in [7, 11) is 0. The maximum atomic E-state index is 11.3. The van der Waals surface area contributed by atoms with Crippen LogP contribution in [0.4, 0.5) is 0 Å². The molecule has 1 aliphatic heterocycles. The number of carboxylic acid groups (broad SMARTS) is 1. The van der Waals surface area contributed by atoms with Crippen molar-refractivity contribution < 1.29 is 19.1 Å². The van der Waals surface area contributed by atoms with Crippen molar-refractivity contribution >= 4 is 22.8 Å². The van der Waals surface area contributed by atoms with E-state index in [1.54, 1.807) is 6.07 Å². The molecule has 0 bridgehead atoms. The second kappa shape index (κ2) is 5.57. The minimum atomic E-state index is -1.07. The van der Waals surface area contributed by atoms with Crippen molar-refractivity contribution in [1.82, 2.24) is 10.6 Å². The van der Waals surface area contributed by atoms with Crippen LogP contribution in [-0.4, -0.2) is 29.6 Å². The second-order valence-corrected chi connectivity index (χ2v) is 5.13. The average Bonchev–Trinajstić information content (AvgIpc) is 2.86. The summed E-state index contributed by atoms with van der Waals surface area (Å²) in [5.41, 5.74) is 1.22. The molecule has 21 heavy (non-hydrogen) atoms. The number of fused-ring (bicyclic) bond motifs is 1. The van der Waals surface area contributed by atoms with Crippen LogP contribution in [0.25, 0.3) is 11.0 Å². The van der Waals surface area contributed by atoms with Crippen LogP contribution in [0.3, 0.4) is 0 Å². The summed E-state index contributed by atoms with van der Waals surface area (Å²) >= 11 is 0. The molecule has 6 nitrogen and oxygen atoms in total. The Morgan fingerprint density at radius 3 is 2.95 bits per heavy atom. The predicted octanol–water partition coefficient (Wildman–Crippen LogP) is 1.50. The summed E-state index contributed by atoms with van der Waals surface area (Å²) in [5.74, 6) is -1.03. The highest BCUT2D eigenvalue weighted by atomic mass is 16.4. The van der Waals surface area contributed by atoms with Crippen LogP contribution in [0.1, 0.15) is 29.0 Å². The molecule has 1 atom stereocenters. The van der Waals surface area contributed by atoms with E-state index in [-0.39, 0.29) is 17.7 Å². The van der Waals surface area contributed by atoms with E-state index in [0.717, 1.165) is 11.8 Å². The summed E-state index contributed by atoms with van der Waals surface area (Å²) < 4.78 is 5.41. The first kappa shape index (κ1) is 13.6. The van der Waals surface area contributed by atoms with Crippen LogP contribution < -0.4 is 10.6 Å². The Hall–Kier alpha value is -2.34. The first-order chi connectivity index (χ1) is 10.1. The zero-order valence-electron chi connectivity index (χ0n) is 11.4. The fraction of sp³-hybridized carbons (Fsp3) is 0.333. The summed E-state index contributed by atoms with van der Waals surface area (Å²) in [6, 6.07) is 7.42. The number of rotatable bonds is 4. The molecule has 2 heterocycles. The molecule has 1 aliphatic rings. The normalized spacial score (nSPS) is 18.7. The molecular formula is C15H16N2O4. The third-order valence-electron chi connectivity index (χ3n) is 3.73. The number of carbonyl (C=O) groups excluding carboxylic acids is 1. The number of nitrogens with one attached hydrogen (secondary N) is 2. The molecule has 1 aromatic carbocycles. The Kier molecular flexibility index (Phi) is 3.62. The summed E-state index contributed by atoms with van der Waals surface area (Å²) in [6.45, 7) is 0.968. The Morgan fingerprint density at radius 2 is 2.24 bits per heavy atom. The van der Waals surface area contributed by atoms with Crippen molar-refractivity contribution in [2.75, 3.05) is 6.54 Å². The van der Waals surface area contributed by atoms with Crippen LogP contribution in [0.15, 0.2) is 28.7 Å². The van der Waals surface area contributed by atoms with Gasteiger partial charge in [-0.2, -0.15) is 0 Å². The van der Waals surface area contributed by atoms with Gasteiger partial charge in [0.1, 0.15) is 5.58 Å². The van der Waals surface area contributed by atoms with Crippen LogP contribution >= 0.6 is 0 Å². The SMILES string of the molecule is O=C1CCC(NCc2c(C(=O)O)oc3ccccc23)CN1. The van der Waals surface area contributed by atoms with Gasteiger partial charge in [-0.15, -0.1) is 0 Å². The number of amides is 1. The molecule has 1 fully saturated rings. The molecule has 0 saturated carbocycles. The van der Waals surface area contributed by atoms with E-state index in [9.17, 15) is 14.7 Å². The number of hydrogen-bond acceptors (Lipinski definition) is 4. The number of furan rings is 1. The summed E-state index contributed by atoms with van der Waals surface area (Å²) in [5, 5.41) is 16.2. The van der Waals surface area contributed by atoms with Crippen LogP contribution in [0.2, 0.25) is 0 Å². The fourth-order valence-electron chi connectivity index (χ4n) is 2.60. The van der Waals surface area contributed by atoms with Gasteiger partial charge < -0.3 is 20.2 Å². The van der Waals surface area contributed by atoms with E-state index in [2.05, 4.69) is 10.6 Å². The first-order valence-electron chi connectivity index (χ1n) is 6.89. The number of carboxylic acids is 1. The largest absolute Gasteiger partial charge is 0.475 e. The monoisotopic (exact) mass is 288 g/mol. The Balaban J connectivity index is 1.80. The van der Waals surface area contributed by atoms with Crippen molar-refractivity contribution in [3.63, 3.8) is 0 Å². The molecular weight excluding hydrogens is 272 g/mol. The van der Waals surface area contributed by atoms with Gasteiger partial charge in [-0.1, -0.05) is 18.2 Å². The lowest BCUT2D eigenvalue weighted by molar-refractivity contribution is -0.122. The van der Waals surface area contributed by atoms with Crippen molar-refractivity contribution in [3.8, 4) is 0 Å². The molecule has 3 N–H and O–H groups in total. The zero-order chi connectivity index (χ0) is 14.8. The van der Waals surface area contributed by atoms with Gasteiger partial charge >= 0.3 is 5.97 Å². The molecule has 1 amide bonds. The van der Waals surface area contributed by atoms with Crippen LogP contribution in [0.5, 0.6) is 0 Å². The van der Waals surface area contributed by atoms with E-state index in [1.807, 2.05) is 18.2 Å². The fourth-order valence-corrected chi connectivity index (χ4v) is 2.60. The minimum absolute atomic E-state index is 0.0245. The van der Waals surface area contributed by atoms with Crippen LogP contribution in [0, 0.1) is 0 Å². The van der Waals surface area contributed by atoms with E-state index in [1.165, 1.54) is 0 Å².